The van der Waals surface area contributed by atoms with Gasteiger partial charge in [0.2, 0.25) is 0 Å². The number of carbonyl (C=O) groups is 1. The molecule has 0 bridgehead atoms. The monoisotopic (exact) mass is 414 g/mol. The van der Waals surface area contributed by atoms with Gasteiger partial charge in [0.15, 0.2) is 6.10 Å². The van der Waals surface area contributed by atoms with Gasteiger partial charge in [0, 0.05) is 21.7 Å². The van der Waals surface area contributed by atoms with Crippen LogP contribution >= 0.6 is 11.6 Å². The molecule has 0 aliphatic rings. The molecule has 0 spiro atoms. The summed E-state index contributed by atoms with van der Waals surface area (Å²) in [6.45, 7) is 9.60. The number of halogens is 1. The molecule has 0 unspecified atom stereocenters. The Morgan fingerprint density at radius 2 is 1.79 bits per heavy atom. The second-order valence-electron chi connectivity index (χ2n) is 8.21. The summed E-state index contributed by atoms with van der Waals surface area (Å²) in [6.07, 6.45) is -0.924. The first-order chi connectivity index (χ1) is 13.5. The number of aromatic amines is 1. The number of nitrogen functional groups attached to an aromatic ring is 1. The molecule has 3 rings (SSSR count). The van der Waals surface area contributed by atoms with Crippen molar-refractivity contribution in [1.82, 2.24) is 4.98 Å². The first-order valence-electron chi connectivity index (χ1n) is 9.46. The molecule has 29 heavy (non-hydrogen) atoms. The lowest BCUT2D eigenvalue weighted by Crippen LogP contribution is -2.29. The van der Waals surface area contributed by atoms with Gasteiger partial charge in [-0.1, -0.05) is 23.7 Å². The molecular weight excluding hydrogens is 388 g/mol. The number of rotatable bonds is 4. The summed E-state index contributed by atoms with van der Waals surface area (Å²) < 4.78 is 11.3. The highest BCUT2D eigenvalue weighted by molar-refractivity contribution is 6.30. The van der Waals surface area contributed by atoms with Gasteiger partial charge >= 0.3 is 5.97 Å². The zero-order chi connectivity index (χ0) is 21.5. The molecular formula is C23H27ClN2O3. The van der Waals surface area contributed by atoms with Gasteiger partial charge in [-0.2, -0.15) is 0 Å². The topological polar surface area (TPSA) is 77.3 Å². The van der Waals surface area contributed by atoms with E-state index < -0.39 is 17.7 Å². The van der Waals surface area contributed by atoms with Crippen LogP contribution in [0.25, 0.3) is 22.0 Å². The molecule has 1 atom stereocenters. The lowest BCUT2D eigenvalue weighted by Gasteiger charge is -2.29. The van der Waals surface area contributed by atoms with Crippen LogP contribution < -0.4 is 5.73 Å². The Hall–Kier alpha value is -2.50. The van der Waals surface area contributed by atoms with E-state index in [4.69, 9.17) is 26.8 Å². The number of nitrogens with one attached hydrogen (secondary N) is 1. The number of anilines is 1. The minimum atomic E-state index is -0.924. The third-order valence-electron chi connectivity index (χ3n) is 4.85. The van der Waals surface area contributed by atoms with Crippen molar-refractivity contribution in [2.75, 3.05) is 12.8 Å². The Kier molecular flexibility index (Phi) is 5.65. The number of carbonyl (C=O) groups excluding carboxylic acids is 1. The lowest BCUT2D eigenvalue weighted by atomic mass is 9.88. The van der Waals surface area contributed by atoms with Crippen molar-refractivity contribution in [2.24, 2.45) is 0 Å². The molecule has 5 nitrogen and oxygen atoms in total. The van der Waals surface area contributed by atoms with E-state index in [2.05, 4.69) is 4.98 Å². The van der Waals surface area contributed by atoms with Gasteiger partial charge in [-0.3, -0.25) is 0 Å². The van der Waals surface area contributed by atoms with Crippen LogP contribution in [0, 0.1) is 13.8 Å². The van der Waals surface area contributed by atoms with Crippen molar-refractivity contribution < 1.29 is 14.3 Å². The number of aryl methyl sites for hydroxylation is 1. The Morgan fingerprint density at radius 3 is 2.34 bits per heavy atom. The Morgan fingerprint density at radius 1 is 1.17 bits per heavy atom. The zero-order valence-corrected chi connectivity index (χ0v) is 18.4. The number of benzene rings is 2. The van der Waals surface area contributed by atoms with Gasteiger partial charge in [0.05, 0.1) is 23.9 Å². The van der Waals surface area contributed by atoms with E-state index in [0.717, 1.165) is 33.3 Å². The summed E-state index contributed by atoms with van der Waals surface area (Å²) in [5.74, 6) is -0.468. The molecule has 154 valence electrons. The van der Waals surface area contributed by atoms with E-state index in [0.29, 0.717) is 16.3 Å². The van der Waals surface area contributed by atoms with Crippen LogP contribution in [-0.4, -0.2) is 23.7 Å². The summed E-state index contributed by atoms with van der Waals surface area (Å²) in [4.78, 5) is 16.2. The quantitative estimate of drug-likeness (QED) is 0.423. The minimum absolute atomic E-state index is 0.468. The van der Waals surface area contributed by atoms with Gasteiger partial charge in [-0.05, 0) is 69.5 Å². The van der Waals surface area contributed by atoms with E-state index in [1.54, 1.807) is 0 Å². The van der Waals surface area contributed by atoms with Crippen LogP contribution in [0.5, 0.6) is 0 Å². The van der Waals surface area contributed by atoms with E-state index in [1.165, 1.54) is 7.11 Å². The van der Waals surface area contributed by atoms with Crippen molar-refractivity contribution in [1.29, 1.82) is 0 Å². The molecule has 1 heterocycles. The fourth-order valence-corrected chi connectivity index (χ4v) is 3.73. The van der Waals surface area contributed by atoms with Gasteiger partial charge in [-0.25, -0.2) is 4.79 Å². The average molecular weight is 415 g/mol. The maximum absolute atomic E-state index is 12.8. The fraction of sp³-hybridized carbons (Fsp3) is 0.348. The number of hydrogen-bond donors (Lipinski definition) is 2. The maximum Gasteiger partial charge on any atom is 0.339 e. The molecule has 0 amide bonds. The van der Waals surface area contributed by atoms with E-state index in [-0.39, 0.29) is 0 Å². The highest BCUT2D eigenvalue weighted by Crippen LogP contribution is 2.44. The van der Waals surface area contributed by atoms with Gasteiger partial charge in [0.25, 0.3) is 0 Å². The number of methoxy groups -OCH3 is 1. The summed E-state index contributed by atoms with van der Waals surface area (Å²) in [5.41, 5.74) is 11.6. The molecule has 0 fully saturated rings. The number of fused-ring (bicyclic) bond motifs is 1. The van der Waals surface area contributed by atoms with Crippen LogP contribution in [0.15, 0.2) is 30.3 Å². The molecule has 3 aromatic rings. The highest BCUT2D eigenvalue weighted by Gasteiger charge is 2.33. The van der Waals surface area contributed by atoms with Crippen molar-refractivity contribution in [3.8, 4) is 11.1 Å². The second kappa shape index (κ2) is 7.73. The molecule has 3 N–H and O–H groups in total. The first-order valence-corrected chi connectivity index (χ1v) is 9.84. The third-order valence-corrected chi connectivity index (χ3v) is 5.10. The predicted molar refractivity (Wildman–Crippen MR) is 118 cm³/mol. The average Bonchev–Trinajstić information content (AvgIpc) is 3.04. The number of hydrogen-bond acceptors (Lipinski definition) is 4. The number of H-pyrrole nitrogens is 1. The predicted octanol–water partition coefficient (Wildman–Crippen LogP) is 5.72. The van der Waals surface area contributed by atoms with Crippen molar-refractivity contribution >= 4 is 34.2 Å². The molecule has 0 radical (unpaired) electrons. The number of aromatic nitrogens is 1. The van der Waals surface area contributed by atoms with Crippen LogP contribution in [0.4, 0.5) is 5.69 Å². The third kappa shape index (κ3) is 4.11. The summed E-state index contributed by atoms with van der Waals surface area (Å²) >= 11 is 6.12. The maximum atomic E-state index is 12.8. The number of nitrogens with two attached hydrogens (primary N) is 1. The summed E-state index contributed by atoms with van der Waals surface area (Å²) in [6, 6.07) is 9.56. The molecule has 0 saturated carbocycles. The molecule has 2 aromatic carbocycles. The normalized spacial score (nSPS) is 12.9. The van der Waals surface area contributed by atoms with Crippen LogP contribution in [0.2, 0.25) is 5.02 Å². The van der Waals surface area contributed by atoms with Gasteiger partial charge in [-0.15, -0.1) is 0 Å². The van der Waals surface area contributed by atoms with Crippen LogP contribution in [0.3, 0.4) is 0 Å². The SMILES string of the molecule is COC(=O)[C@@H](OC(C)(C)C)c1c(C)c(N)c2[nH]c(C)cc2c1-c1ccc(Cl)cc1. The van der Waals surface area contributed by atoms with Crippen LogP contribution in [0.1, 0.15) is 43.7 Å². The molecule has 0 saturated heterocycles. The van der Waals surface area contributed by atoms with Crippen LogP contribution in [-0.2, 0) is 14.3 Å². The van der Waals surface area contributed by atoms with E-state index in [1.807, 2.05) is 65.0 Å². The highest BCUT2D eigenvalue weighted by atomic mass is 35.5. The fourth-order valence-electron chi connectivity index (χ4n) is 3.60. The Bertz CT molecular complexity index is 1060. The Balaban J connectivity index is 2.43. The molecule has 0 aliphatic heterocycles. The minimum Gasteiger partial charge on any atom is -0.467 e. The van der Waals surface area contributed by atoms with Gasteiger partial charge in [0.1, 0.15) is 0 Å². The molecule has 1 aromatic heterocycles. The van der Waals surface area contributed by atoms with Crippen molar-refractivity contribution in [3.63, 3.8) is 0 Å². The number of ether oxygens (including phenoxy) is 2. The van der Waals surface area contributed by atoms with E-state index in [9.17, 15) is 4.79 Å². The summed E-state index contributed by atoms with van der Waals surface area (Å²) in [5, 5.41) is 1.56. The first kappa shape index (κ1) is 21.2. The molecule has 0 aliphatic carbocycles. The standard InChI is InChI=1S/C23H27ClN2O3/c1-12-11-16-18(14-7-9-15(24)10-8-14)17(13(2)19(25)20(16)26-12)21(22(27)28-6)29-23(3,4)5/h7-11,21,26H,25H2,1-6H3/t21-/m0/s1. The molecule has 6 heteroatoms. The summed E-state index contributed by atoms with van der Waals surface area (Å²) in [7, 11) is 1.36. The smallest absolute Gasteiger partial charge is 0.339 e. The van der Waals surface area contributed by atoms with Gasteiger partial charge < -0.3 is 20.2 Å². The largest absolute Gasteiger partial charge is 0.467 e. The lowest BCUT2D eigenvalue weighted by molar-refractivity contribution is -0.164. The van der Waals surface area contributed by atoms with Crippen molar-refractivity contribution in [3.05, 3.63) is 52.2 Å². The second-order valence-corrected chi connectivity index (χ2v) is 8.65. The van der Waals surface area contributed by atoms with Crippen molar-refractivity contribution in [2.45, 2.75) is 46.3 Å². The zero-order valence-electron chi connectivity index (χ0n) is 17.6. The number of esters is 1. The Labute approximate surface area is 176 Å². The van der Waals surface area contributed by atoms with E-state index >= 15 is 0 Å².